The molecule has 2 N–H and O–H groups in total. The molecule has 1 amide bonds. The number of amides is 1. The molecule has 5 nitrogen and oxygen atoms in total. The normalized spacial score (nSPS) is 21.5. The summed E-state index contributed by atoms with van der Waals surface area (Å²) in [5.74, 6) is -0.570. The lowest BCUT2D eigenvalue weighted by molar-refractivity contribution is -0.143. The molecule has 0 heterocycles. The summed E-state index contributed by atoms with van der Waals surface area (Å²) in [7, 11) is 0. The number of carboxylic acids is 1. The largest absolute Gasteiger partial charge is 0.481 e. The van der Waals surface area contributed by atoms with E-state index in [9.17, 15) is 9.59 Å². The number of hydrogen-bond donors (Lipinski definition) is 2. The van der Waals surface area contributed by atoms with Crippen molar-refractivity contribution >= 4 is 12.1 Å². The van der Waals surface area contributed by atoms with Crippen molar-refractivity contribution in [2.24, 2.45) is 11.8 Å². The smallest absolute Gasteiger partial charge is 0.407 e. The van der Waals surface area contributed by atoms with Crippen LogP contribution in [-0.4, -0.2) is 23.7 Å². The van der Waals surface area contributed by atoms with Crippen LogP contribution in [0.5, 0.6) is 0 Å². The van der Waals surface area contributed by atoms with Crippen molar-refractivity contribution in [3.05, 3.63) is 35.9 Å². The molecule has 0 aromatic heterocycles. The number of carbonyl (C=O) groups excluding carboxylic acids is 1. The number of carboxylic acid groups (broad SMARTS) is 1. The van der Waals surface area contributed by atoms with E-state index in [1.54, 1.807) is 0 Å². The van der Waals surface area contributed by atoms with E-state index in [-0.39, 0.29) is 14.0 Å². The van der Waals surface area contributed by atoms with Gasteiger partial charge in [-0.05, 0) is 37.2 Å². The summed E-state index contributed by atoms with van der Waals surface area (Å²) in [6.45, 7) is 0.818. The number of alkyl carbamates (subject to hydrolysis) is 1. The lowest BCUT2D eigenvalue weighted by atomic mass is 9.82. The van der Waals surface area contributed by atoms with Gasteiger partial charge >= 0.3 is 12.1 Å². The quantitative estimate of drug-likeness (QED) is 0.875. The molecule has 21 heavy (non-hydrogen) atoms. The zero-order valence-corrected chi connectivity index (χ0v) is 12.0. The number of nitrogens with one attached hydrogen (secondary N) is 1. The minimum Gasteiger partial charge on any atom is -0.481 e. The standard InChI is InChI=1S/C16H21NO4.H2/c18-15(19)14-8-6-12(7-9-14)10-17-16(20)21-11-13-4-2-1-3-5-13;/h1-5,12,14H,6-11H2,(H,17,20)(H,18,19);1H. The third-order valence-electron chi connectivity index (χ3n) is 3.94. The first-order valence-electron chi connectivity index (χ1n) is 7.32. The summed E-state index contributed by atoms with van der Waals surface area (Å²) in [4.78, 5) is 22.5. The van der Waals surface area contributed by atoms with Crippen molar-refractivity contribution in [2.45, 2.75) is 32.3 Å². The topological polar surface area (TPSA) is 75.6 Å². The summed E-state index contributed by atoms with van der Waals surface area (Å²) in [6, 6.07) is 9.52. The molecule has 5 heteroatoms. The van der Waals surface area contributed by atoms with E-state index in [2.05, 4.69) is 5.32 Å². The summed E-state index contributed by atoms with van der Waals surface area (Å²) < 4.78 is 5.13. The Morgan fingerprint density at radius 1 is 1.19 bits per heavy atom. The van der Waals surface area contributed by atoms with Gasteiger partial charge < -0.3 is 15.2 Å². The van der Waals surface area contributed by atoms with Gasteiger partial charge in [0.1, 0.15) is 6.61 Å². The van der Waals surface area contributed by atoms with Crippen LogP contribution >= 0.6 is 0 Å². The third kappa shape index (κ3) is 5.10. The molecule has 0 aliphatic heterocycles. The highest BCUT2D eigenvalue weighted by molar-refractivity contribution is 5.70. The maximum Gasteiger partial charge on any atom is 0.407 e. The SMILES string of the molecule is O=C(NCC1CCC(C(=O)O)CC1)OCc1ccccc1.[HH]. The number of rotatable bonds is 5. The van der Waals surface area contributed by atoms with Gasteiger partial charge in [-0.25, -0.2) is 4.79 Å². The van der Waals surface area contributed by atoms with E-state index in [0.29, 0.717) is 25.3 Å². The van der Waals surface area contributed by atoms with Crippen LogP contribution in [0.2, 0.25) is 0 Å². The predicted molar refractivity (Wildman–Crippen MR) is 79.8 cm³/mol. The van der Waals surface area contributed by atoms with E-state index in [1.165, 1.54) is 0 Å². The van der Waals surface area contributed by atoms with Crippen molar-refractivity contribution in [3.63, 3.8) is 0 Å². The zero-order valence-electron chi connectivity index (χ0n) is 12.0. The average molecular weight is 293 g/mol. The second-order valence-corrected chi connectivity index (χ2v) is 5.50. The molecule has 1 fully saturated rings. The molecule has 1 aliphatic rings. The second-order valence-electron chi connectivity index (χ2n) is 5.50. The van der Waals surface area contributed by atoms with Crippen LogP contribution in [0.4, 0.5) is 4.79 Å². The van der Waals surface area contributed by atoms with Crippen LogP contribution in [0.3, 0.4) is 0 Å². The Hall–Kier alpha value is -2.04. The van der Waals surface area contributed by atoms with Gasteiger partial charge in [0, 0.05) is 7.97 Å². The highest BCUT2D eigenvalue weighted by atomic mass is 16.5. The predicted octanol–water partition coefficient (Wildman–Crippen LogP) is 3.05. The molecule has 1 aliphatic carbocycles. The van der Waals surface area contributed by atoms with Gasteiger partial charge in [0.25, 0.3) is 0 Å². The highest BCUT2D eigenvalue weighted by Gasteiger charge is 2.26. The van der Waals surface area contributed by atoms with Crippen molar-refractivity contribution in [1.29, 1.82) is 0 Å². The Labute approximate surface area is 125 Å². The number of hydrogen-bond acceptors (Lipinski definition) is 3. The lowest BCUT2D eigenvalue weighted by Crippen LogP contribution is -2.32. The van der Waals surface area contributed by atoms with Crippen LogP contribution in [0.15, 0.2) is 30.3 Å². The van der Waals surface area contributed by atoms with Crippen molar-refractivity contribution < 1.29 is 20.9 Å². The van der Waals surface area contributed by atoms with Crippen LogP contribution in [-0.2, 0) is 16.1 Å². The fourth-order valence-corrected chi connectivity index (χ4v) is 2.62. The minimum atomic E-state index is -0.705. The van der Waals surface area contributed by atoms with Crippen LogP contribution < -0.4 is 5.32 Å². The van der Waals surface area contributed by atoms with Gasteiger partial charge in [-0.15, -0.1) is 0 Å². The van der Waals surface area contributed by atoms with Crippen molar-refractivity contribution in [3.8, 4) is 0 Å². The van der Waals surface area contributed by atoms with E-state index < -0.39 is 12.1 Å². The van der Waals surface area contributed by atoms with Gasteiger partial charge in [-0.2, -0.15) is 0 Å². The van der Waals surface area contributed by atoms with Crippen LogP contribution in [0.25, 0.3) is 0 Å². The fourth-order valence-electron chi connectivity index (χ4n) is 2.62. The van der Waals surface area contributed by atoms with Gasteiger partial charge in [0.05, 0.1) is 5.92 Å². The fraction of sp³-hybridized carbons (Fsp3) is 0.500. The number of aliphatic carboxylic acids is 1. The number of benzene rings is 1. The summed E-state index contributed by atoms with van der Waals surface area (Å²) in [5.41, 5.74) is 0.953. The molecule has 0 spiro atoms. The van der Waals surface area contributed by atoms with Gasteiger partial charge in [0.2, 0.25) is 0 Å². The van der Waals surface area contributed by atoms with E-state index in [1.807, 2.05) is 30.3 Å². The second kappa shape index (κ2) is 7.67. The monoisotopic (exact) mass is 293 g/mol. The molecule has 0 radical (unpaired) electrons. The summed E-state index contributed by atoms with van der Waals surface area (Å²) in [5, 5.41) is 11.7. The lowest BCUT2D eigenvalue weighted by Gasteiger charge is -2.25. The van der Waals surface area contributed by atoms with E-state index in [0.717, 1.165) is 18.4 Å². The van der Waals surface area contributed by atoms with Crippen molar-refractivity contribution in [2.75, 3.05) is 6.54 Å². The van der Waals surface area contributed by atoms with Crippen LogP contribution in [0, 0.1) is 11.8 Å². The molecule has 0 bridgehead atoms. The molecule has 1 aromatic rings. The number of ether oxygens (including phenoxy) is 1. The third-order valence-corrected chi connectivity index (χ3v) is 3.94. The molecule has 1 saturated carbocycles. The number of carbonyl (C=O) groups is 2. The minimum absolute atomic E-state index is 0. The molecule has 0 unspecified atom stereocenters. The highest BCUT2D eigenvalue weighted by Crippen LogP contribution is 2.28. The molecule has 2 rings (SSSR count). The Morgan fingerprint density at radius 2 is 1.86 bits per heavy atom. The zero-order chi connectivity index (χ0) is 15.1. The Kier molecular flexibility index (Phi) is 5.60. The maximum absolute atomic E-state index is 11.6. The van der Waals surface area contributed by atoms with Crippen molar-refractivity contribution in [1.82, 2.24) is 5.32 Å². The molecular weight excluding hydrogens is 270 g/mol. The van der Waals surface area contributed by atoms with Gasteiger partial charge in [-0.1, -0.05) is 30.3 Å². The Morgan fingerprint density at radius 3 is 2.48 bits per heavy atom. The average Bonchev–Trinajstić information content (AvgIpc) is 2.52. The van der Waals surface area contributed by atoms with Crippen LogP contribution in [0.1, 0.15) is 32.7 Å². The van der Waals surface area contributed by atoms with Gasteiger partial charge in [0.15, 0.2) is 0 Å². The molecular formula is C16H23NO4. The Balaban J connectivity index is 0.00000242. The first-order chi connectivity index (χ1) is 10.1. The Bertz CT molecular complexity index is 472. The first kappa shape index (κ1) is 15.4. The maximum atomic E-state index is 11.6. The molecule has 1 aromatic carbocycles. The summed E-state index contributed by atoms with van der Waals surface area (Å²) >= 11 is 0. The molecule has 116 valence electrons. The van der Waals surface area contributed by atoms with E-state index in [4.69, 9.17) is 9.84 Å². The molecule has 0 atom stereocenters. The molecule has 0 saturated heterocycles. The van der Waals surface area contributed by atoms with E-state index >= 15 is 0 Å². The van der Waals surface area contributed by atoms with Gasteiger partial charge in [-0.3, -0.25) is 4.79 Å². The summed E-state index contributed by atoms with van der Waals surface area (Å²) in [6.07, 6.45) is 2.66. The first-order valence-corrected chi connectivity index (χ1v) is 7.32.